The monoisotopic (exact) mass is 416 g/mol. The van der Waals surface area contributed by atoms with E-state index in [1.54, 1.807) is 11.9 Å². The van der Waals surface area contributed by atoms with E-state index in [9.17, 15) is 9.59 Å². The van der Waals surface area contributed by atoms with Gasteiger partial charge >= 0.3 is 6.09 Å². The molecule has 7 nitrogen and oxygen atoms in total. The molecule has 0 saturated carbocycles. The Kier molecular flexibility index (Phi) is 7.74. The number of hydrogen-bond donors (Lipinski definition) is 2. The zero-order chi connectivity index (χ0) is 21.5. The van der Waals surface area contributed by atoms with Crippen LogP contribution >= 0.6 is 0 Å². The molecule has 1 unspecified atom stereocenters. The second kappa shape index (κ2) is 10.5. The number of aliphatic hydroxyl groups excluding tert-OH is 1. The minimum Gasteiger partial charge on any atom is -0.493 e. The van der Waals surface area contributed by atoms with Gasteiger partial charge in [-0.3, -0.25) is 4.79 Å². The highest BCUT2D eigenvalue weighted by atomic mass is 16.5. The van der Waals surface area contributed by atoms with Crippen LogP contribution in [-0.2, 0) is 4.79 Å². The predicted molar refractivity (Wildman–Crippen MR) is 114 cm³/mol. The van der Waals surface area contributed by atoms with Crippen molar-refractivity contribution >= 4 is 17.6 Å². The maximum Gasteiger partial charge on any atom is 0.407 e. The number of amides is 2. The molecule has 0 bridgehead atoms. The Balaban J connectivity index is 1.47. The number of piperidine rings is 1. The third-order valence-corrected chi connectivity index (χ3v) is 6.17. The van der Waals surface area contributed by atoms with E-state index in [0.29, 0.717) is 32.2 Å². The van der Waals surface area contributed by atoms with Gasteiger partial charge in [0.05, 0.1) is 13.2 Å². The Morgan fingerprint density at radius 1 is 1.17 bits per heavy atom. The van der Waals surface area contributed by atoms with Crippen LogP contribution in [0.2, 0.25) is 0 Å². The standard InChI is InChI=1S/C23H32N2O5/c1-24(14-15-26)22(27)20-4-2-18(3-5-20)19-6-8-21(9-7-19)30-16-17-10-12-25(13-11-17)23(28)29/h2,6-9,17,20,26H,3-5,10-16H2,1H3,(H,28,29). The number of ether oxygens (including phenoxy) is 1. The molecular weight excluding hydrogens is 384 g/mol. The van der Waals surface area contributed by atoms with E-state index < -0.39 is 6.09 Å². The van der Waals surface area contributed by atoms with E-state index in [4.69, 9.17) is 14.9 Å². The summed E-state index contributed by atoms with van der Waals surface area (Å²) in [5, 5.41) is 18.0. The smallest absolute Gasteiger partial charge is 0.407 e. The number of rotatable bonds is 7. The third-order valence-electron chi connectivity index (χ3n) is 6.17. The Morgan fingerprint density at radius 3 is 2.43 bits per heavy atom. The van der Waals surface area contributed by atoms with E-state index in [-0.39, 0.29) is 18.4 Å². The van der Waals surface area contributed by atoms with Crippen molar-refractivity contribution in [3.63, 3.8) is 0 Å². The van der Waals surface area contributed by atoms with Crippen LogP contribution < -0.4 is 4.74 Å². The lowest BCUT2D eigenvalue weighted by atomic mass is 9.86. The summed E-state index contributed by atoms with van der Waals surface area (Å²) in [5.74, 6) is 1.33. The molecule has 1 heterocycles. The van der Waals surface area contributed by atoms with Crippen LogP contribution in [0.15, 0.2) is 30.3 Å². The summed E-state index contributed by atoms with van der Waals surface area (Å²) in [6, 6.07) is 8.09. The number of hydrogen-bond acceptors (Lipinski definition) is 4. The molecule has 2 aliphatic rings. The molecule has 0 radical (unpaired) electrons. The largest absolute Gasteiger partial charge is 0.493 e. The van der Waals surface area contributed by atoms with Crippen molar-refractivity contribution in [2.24, 2.45) is 11.8 Å². The van der Waals surface area contributed by atoms with Gasteiger partial charge in [-0.1, -0.05) is 18.2 Å². The topological polar surface area (TPSA) is 90.3 Å². The molecule has 2 N–H and O–H groups in total. The first-order valence-corrected chi connectivity index (χ1v) is 10.7. The molecule has 1 fully saturated rings. The molecule has 2 amide bonds. The number of carbonyl (C=O) groups excluding carboxylic acids is 1. The molecule has 3 rings (SSSR count). The number of likely N-dealkylation sites (N-methyl/N-ethyl adjacent to an activating group) is 1. The Morgan fingerprint density at radius 2 is 1.87 bits per heavy atom. The van der Waals surface area contributed by atoms with Gasteiger partial charge in [0.2, 0.25) is 5.91 Å². The van der Waals surface area contributed by atoms with Crippen molar-refractivity contribution in [2.75, 3.05) is 39.9 Å². The first kappa shape index (κ1) is 22.2. The highest BCUT2D eigenvalue weighted by Gasteiger charge is 2.25. The molecule has 1 atom stereocenters. The average Bonchev–Trinajstić information content (AvgIpc) is 2.78. The highest BCUT2D eigenvalue weighted by Crippen LogP contribution is 2.32. The van der Waals surface area contributed by atoms with Crippen LogP contribution in [0.4, 0.5) is 4.79 Å². The van der Waals surface area contributed by atoms with Crippen molar-refractivity contribution in [2.45, 2.75) is 32.1 Å². The third kappa shape index (κ3) is 5.75. The summed E-state index contributed by atoms with van der Waals surface area (Å²) >= 11 is 0. The maximum atomic E-state index is 12.4. The van der Waals surface area contributed by atoms with Crippen molar-refractivity contribution in [3.8, 4) is 5.75 Å². The maximum absolute atomic E-state index is 12.4. The van der Waals surface area contributed by atoms with E-state index in [1.165, 1.54) is 10.5 Å². The van der Waals surface area contributed by atoms with Gasteiger partial charge < -0.3 is 24.7 Å². The summed E-state index contributed by atoms with van der Waals surface area (Å²) < 4.78 is 5.93. The summed E-state index contributed by atoms with van der Waals surface area (Å²) in [6.07, 6.45) is 5.42. The molecule has 7 heteroatoms. The predicted octanol–water partition coefficient (Wildman–Crippen LogP) is 3.09. The minimum atomic E-state index is -0.838. The Hall–Kier alpha value is -2.54. The summed E-state index contributed by atoms with van der Waals surface area (Å²) in [5.41, 5.74) is 2.42. The van der Waals surface area contributed by atoms with Crippen LogP contribution in [0.25, 0.3) is 5.57 Å². The van der Waals surface area contributed by atoms with Crippen molar-refractivity contribution < 1.29 is 24.5 Å². The number of aliphatic hydroxyl groups is 1. The SMILES string of the molecule is CN(CCO)C(=O)C1CC=C(c2ccc(OCC3CCN(C(=O)O)CC3)cc2)CC1. The number of carbonyl (C=O) groups is 2. The van der Waals surface area contributed by atoms with Gasteiger partial charge in [-0.05, 0) is 61.3 Å². The molecule has 1 aliphatic heterocycles. The van der Waals surface area contributed by atoms with Crippen molar-refractivity contribution in [1.82, 2.24) is 9.80 Å². The minimum absolute atomic E-state index is 0.000418. The average molecular weight is 417 g/mol. The zero-order valence-corrected chi connectivity index (χ0v) is 17.6. The lowest BCUT2D eigenvalue weighted by Crippen LogP contribution is -2.38. The molecule has 164 valence electrons. The van der Waals surface area contributed by atoms with Crippen molar-refractivity contribution in [1.29, 1.82) is 0 Å². The molecule has 1 aliphatic carbocycles. The fraction of sp³-hybridized carbons (Fsp3) is 0.565. The van der Waals surface area contributed by atoms with E-state index in [2.05, 4.69) is 18.2 Å². The van der Waals surface area contributed by atoms with Gasteiger partial charge in [0, 0.05) is 32.6 Å². The van der Waals surface area contributed by atoms with Gasteiger partial charge in [-0.25, -0.2) is 4.79 Å². The lowest BCUT2D eigenvalue weighted by molar-refractivity contribution is -0.134. The number of likely N-dealkylation sites (tertiary alicyclic amines) is 1. The van der Waals surface area contributed by atoms with Crippen LogP contribution in [-0.4, -0.2) is 71.9 Å². The Labute approximate surface area is 177 Å². The molecule has 1 saturated heterocycles. The van der Waals surface area contributed by atoms with Gasteiger partial charge in [-0.2, -0.15) is 0 Å². The second-order valence-electron chi connectivity index (χ2n) is 8.23. The van der Waals surface area contributed by atoms with E-state index in [1.807, 2.05) is 12.1 Å². The molecule has 1 aromatic carbocycles. The number of nitrogens with zero attached hydrogens (tertiary/aromatic N) is 2. The fourth-order valence-electron chi connectivity index (χ4n) is 4.16. The molecule has 0 spiro atoms. The van der Waals surface area contributed by atoms with Crippen LogP contribution in [0.5, 0.6) is 5.75 Å². The van der Waals surface area contributed by atoms with Gasteiger partial charge in [0.25, 0.3) is 0 Å². The Bertz CT molecular complexity index is 753. The van der Waals surface area contributed by atoms with Crippen LogP contribution in [0.3, 0.4) is 0 Å². The van der Waals surface area contributed by atoms with Crippen LogP contribution in [0, 0.1) is 11.8 Å². The molecule has 0 aromatic heterocycles. The zero-order valence-electron chi connectivity index (χ0n) is 17.6. The fourth-order valence-corrected chi connectivity index (χ4v) is 4.16. The van der Waals surface area contributed by atoms with Gasteiger partial charge in [0.1, 0.15) is 5.75 Å². The lowest BCUT2D eigenvalue weighted by Gasteiger charge is -2.29. The highest BCUT2D eigenvalue weighted by molar-refractivity contribution is 5.80. The van der Waals surface area contributed by atoms with Gasteiger partial charge in [0.15, 0.2) is 0 Å². The second-order valence-corrected chi connectivity index (χ2v) is 8.23. The first-order valence-electron chi connectivity index (χ1n) is 10.7. The van der Waals surface area contributed by atoms with Gasteiger partial charge in [-0.15, -0.1) is 0 Å². The number of allylic oxidation sites excluding steroid dienone is 2. The number of benzene rings is 1. The normalized spacial score (nSPS) is 19.9. The van der Waals surface area contributed by atoms with Crippen molar-refractivity contribution in [3.05, 3.63) is 35.9 Å². The summed E-state index contributed by atoms with van der Waals surface area (Å²) in [7, 11) is 1.74. The van der Waals surface area contributed by atoms with E-state index in [0.717, 1.165) is 43.4 Å². The molecular formula is C23H32N2O5. The van der Waals surface area contributed by atoms with E-state index >= 15 is 0 Å². The summed E-state index contributed by atoms with van der Waals surface area (Å²) in [4.78, 5) is 26.4. The molecule has 30 heavy (non-hydrogen) atoms. The first-order chi connectivity index (χ1) is 14.5. The van der Waals surface area contributed by atoms with Crippen LogP contribution in [0.1, 0.15) is 37.7 Å². The molecule has 1 aromatic rings. The summed E-state index contributed by atoms with van der Waals surface area (Å²) in [6.45, 7) is 2.14. The number of carboxylic acid groups (broad SMARTS) is 1. The quantitative estimate of drug-likeness (QED) is 0.713.